The standard InChI is InChI=1S/C23H32N4O3/c1-26-19-9-8-17(24-15-16-7-10-20(29-2)21(13-16)30-3)14-18(19)22(25-26)23(28)27-11-5-4-6-12-27/h7,10,13,17,24H,4-6,8-9,11-12,14-15H2,1-3H3. The number of likely N-dealkylation sites (tertiary alicyclic amines) is 1. The minimum Gasteiger partial charge on any atom is -0.493 e. The molecule has 162 valence electrons. The fourth-order valence-electron chi connectivity index (χ4n) is 4.63. The number of aryl methyl sites for hydroxylation is 1. The van der Waals surface area contributed by atoms with Crippen LogP contribution < -0.4 is 14.8 Å². The molecule has 1 N–H and O–H groups in total. The molecule has 1 atom stereocenters. The molecule has 1 aliphatic carbocycles. The quantitative estimate of drug-likeness (QED) is 0.790. The van der Waals surface area contributed by atoms with Crippen molar-refractivity contribution >= 4 is 5.91 Å². The molecule has 2 heterocycles. The van der Waals surface area contributed by atoms with Crippen LogP contribution in [0.3, 0.4) is 0 Å². The zero-order valence-corrected chi connectivity index (χ0v) is 18.2. The van der Waals surface area contributed by atoms with Gasteiger partial charge in [-0.1, -0.05) is 6.07 Å². The summed E-state index contributed by atoms with van der Waals surface area (Å²) in [6, 6.07) is 6.32. The first-order chi connectivity index (χ1) is 14.6. The summed E-state index contributed by atoms with van der Waals surface area (Å²) in [7, 11) is 5.26. The first-order valence-electron chi connectivity index (χ1n) is 10.9. The number of piperidine rings is 1. The van der Waals surface area contributed by atoms with Crippen LogP contribution in [0.15, 0.2) is 18.2 Å². The van der Waals surface area contributed by atoms with E-state index in [1.165, 1.54) is 12.1 Å². The third-order valence-corrected chi connectivity index (χ3v) is 6.34. The van der Waals surface area contributed by atoms with E-state index in [0.29, 0.717) is 11.7 Å². The van der Waals surface area contributed by atoms with Crippen LogP contribution in [0.4, 0.5) is 0 Å². The first-order valence-corrected chi connectivity index (χ1v) is 10.9. The molecule has 1 aliphatic heterocycles. The van der Waals surface area contributed by atoms with Crippen LogP contribution in [0, 0.1) is 0 Å². The Balaban J connectivity index is 1.45. The van der Waals surface area contributed by atoms with Gasteiger partial charge in [-0.15, -0.1) is 0 Å². The predicted octanol–water partition coefficient (Wildman–Crippen LogP) is 2.71. The van der Waals surface area contributed by atoms with E-state index in [2.05, 4.69) is 16.5 Å². The van der Waals surface area contributed by atoms with Gasteiger partial charge in [0.05, 0.1) is 14.2 Å². The average Bonchev–Trinajstić information content (AvgIpc) is 3.13. The molecule has 30 heavy (non-hydrogen) atoms. The van der Waals surface area contributed by atoms with Gasteiger partial charge < -0.3 is 19.7 Å². The number of hydrogen-bond donors (Lipinski definition) is 1. The largest absolute Gasteiger partial charge is 0.493 e. The number of ether oxygens (including phenoxy) is 2. The monoisotopic (exact) mass is 412 g/mol. The molecule has 0 saturated carbocycles. The molecule has 1 aromatic heterocycles. The smallest absolute Gasteiger partial charge is 0.274 e. The van der Waals surface area contributed by atoms with Crippen molar-refractivity contribution < 1.29 is 14.3 Å². The Hall–Kier alpha value is -2.54. The molecular weight excluding hydrogens is 380 g/mol. The van der Waals surface area contributed by atoms with E-state index in [4.69, 9.17) is 9.47 Å². The van der Waals surface area contributed by atoms with Gasteiger partial charge in [0.25, 0.3) is 5.91 Å². The van der Waals surface area contributed by atoms with Crippen LogP contribution in [-0.4, -0.2) is 53.9 Å². The van der Waals surface area contributed by atoms with E-state index in [9.17, 15) is 4.79 Å². The van der Waals surface area contributed by atoms with Gasteiger partial charge >= 0.3 is 0 Å². The highest BCUT2D eigenvalue weighted by atomic mass is 16.5. The Kier molecular flexibility index (Phi) is 6.27. The molecule has 0 bridgehead atoms. The number of benzene rings is 1. The second-order valence-corrected chi connectivity index (χ2v) is 8.26. The summed E-state index contributed by atoms with van der Waals surface area (Å²) in [5.74, 6) is 1.58. The van der Waals surface area contributed by atoms with Gasteiger partial charge in [-0.2, -0.15) is 5.10 Å². The Morgan fingerprint density at radius 1 is 1.17 bits per heavy atom. The van der Waals surface area contributed by atoms with Crippen LogP contribution >= 0.6 is 0 Å². The highest BCUT2D eigenvalue weighted by Crippen LogP contribution is 2.29. The molecule has 4 rings (SSSR count). The molecular formula is C23H32N4O3. The minimum atomic E-state index is 0.104. The fourth-order valence-corrected chi connectivity index (χ4v) is 4.63. The van der Waals surface area contributed by atoms with E-state index in [-0.39, 0.29) is 5.91 Å². The molecule has 1 amide bonds. The number of methoxy groups -OCH3 is 2. The van der Waals surface area contributed by atoms with Gasteiger partial charge in [-0.3, -0.25) is 9.48 Å². The summed E-state index contributed by atoms with van der Waals surface area (Å²) in [5, 5.41) is 8.29. The zero-order chi connectivity index (χ0) is 21.1. The normalized spacial score (nSPS) is 18.8. The van der Waals surface area contributed by atoms with Crippen molar-refractivity contribution in [3.05, 3.63) is 40.7 Å². The number of fused-ring (bicyclic) bond motifs is 1. The molecule has 1 saturated heterocycles. The summed E-state index contributed by atoms with van der Waals surface area (Å²) in [5.41, 5.74) is 4.14. The van der Waals surface area contributed by atoms with Gasteiger partial charge in [0.2, 0.25) is 0 Å². The van der Waals surface area contributed by atoms with Crippen LogP contribution in [-0.2, 0) is 26.4 Å². The van der Waals surface area contributed by atoms with E-state index < -0.39 is 0 Å². The maximum absolute atomic E-state index is 13.1. The van der Waals surface area contributed by atoms with Gasteiger partial charge in [0, 0.05) is 44.0 Å². The SMILES string of the molecule is COc1ccc(CNC2CCc3c(c(C(=O)N4CCCCC4)nn3C)C2)cc1OC. The summed E-state index contributed by atoms with van der Waals surface area (Å²) in [6.45, 7) is 2.45. The predicted molar refractivity (Wildman–Crippen MR) is 115 cm³/mol. The van der Waals surface area contributed by atoms with Crippen molar-refractivity contribution in [1.82, 2.24) is 20.0 Å². The van der Waals surface area contributed by atoms with Gasteiger partial charge in [0.1, 0.15) is 0 Å². The van der Waals surface area contributed by atoms with E-state index >= 15 is 0 Å². The minimum absolute atomic E-state index is 0.104. The lowest BCUT2D eigenvalue weighted by Crippen LogP contribution is -2.38. The Morgan fingerprint density at radius 3 is 2.67 bits per heavy atom. The van der Waals surface area contributed by atoms with Gasteiger partial charge in [0.15, 0.2) is 17.2 Å². The van der Waals surface area contributed by atoms with Crippen molar-refractivity contribution in [3.8, 4) is 11.5 Å². The third kappa shape index (κ3) is 4.17. The second kappa shape index (κ2) is 9.08. The van der Waals surface area contributed by atoms with E-state index in [1.807, 2.05) is 28.8 Å². The molecule has 1 fully saturated rings. The summed E-state index contributed by atoms with van der Waals surface area (Å²) >= 11 is 0. The van der Waals surface area contributed by atoms with Crippen LogP contribution in [0.1, 0.15) is 53.0 Å². The van der Waals surface area contributed by atoms with Crippen LogP contribution in [0.2, 0.25) is 0 Å². The van der Waals surface area contributed by atoms with Crippen LogP contribution in [0.25, 0.3) is 0 Å². The molecule has 2 aliphatic rings. The number of hydrogen-bond acceptors (Lipinski definition) is 5. The maximum Gasteiger partial charge on any atom is 0.274 e. The van der Waals surface area contributed by atoms with Crippen molar-refractivity contribution in [2.45, 2.75) is 51.1 Å². The lowest BCUT2D eigenvalue weighted by molar-refractivity contribution is 0.0716. The lowest BCUT2D eigenvalue weighted by atomic mass is 9.90. The Labute approximate surface area is 178 Å². The zero-order valence-electron chi connectivity index (χ0n) is 18.2. The average molecular weight is 413 g/mol. The van der Waals surface area contributed by atoms with Crippen molar-refractivity contribution in [3.63, 3.8) is 0 Å². The Morgan fingerprint density at radius 2 is 1.93 bits per heavy atom. The van der Waals surface area contributed by atoms with Crippen LogP contribution in [0.5, 0.6) is 11.5 Å². The number of aromatic nitrogens is 2. The van der Waals surface area contributed by atoms with Gasteiger partial charge in [-0.25, -0.2) is 0 Å². The maximum atomic E-state index is 13.1. The number of carbonyl (C=O) groups is 1. The highest BCUT2D eigenvalue weighted by molar-refractivity contribution is 5.94. The summed E-state index contributed by atoms with van der Waals surface area (Å²) < 4.78 is 12.6. The number of amides is 1. The molecule has 0 radical (unpaired) electrons. The van der Waals surface area contributed by atoms with Crippen molar-refractivity contribution in [2.24, 2.45) is 7.05 Å². The number of carbonyl (C=O) groups excluding carboxylic acids is 1. The van der Waals surface area contributed by atoms with E-state index in [1.54, 1.807) is 14.2 Å². The lowest BCUT2D eigenvalue weighted by Gasteiger charge is -2.28. The molecule has 2 aromatic rings. The highest BCUT2D eigenvalue weighted by Gasteiger charge is 2.30. The molecule has 1 unspecified atom stereocenters. The first kappa shape index (κ1) is 20.7. The number of rotatable bonds is 6. The Bertz CT molecular complexity index is 902. The topological polar surface area (TPSA) is 68.6 Å². The summed E-state index contributed by atoms with van der Waals surface area (Å²) in [4.78, 5) is 15.1. The van der Waals surface area contributed by atoms with Crippen molar-refractivity contribution in [1.29, 1.82) is 0 Å². The van der Waals surface area contributed by atoms with Gasteiger partial charge in [-0.05, 0) is 56.2 Å². The molecule has 1 aromatic carbocycles. The fraction of sp³-hybridized carbons (Fsp3) is 0.565. The summed E-state index contributed by atoms with van der Waals surface area (Å²) in [6.07, 6.45) is 6.22. The third-order valence-electron chi connectivity index (χ3n) is 6.34. The van der Waals surface area contributed by atoms with E-state index in [0.717, 1.165) is 74.4 Å². The molecule has 7 heteroatoms. The number of nitrogens with one attached hydrogen (secondary N) is 1. The van der Waals surface area contributed by atoms with Crippen molar-refractivity contribution in [2.75, 3.05) is 27.3 Å². The second-order valence-electron chi connectivity index (χ2n) is 8.26. The molecule has 0 spiro atoms. The number of nitrogens with zero attached hydrogens (tertiary/aromatic N) is 3. The molecule has 7 nitrogen and oxygen atoms in total.